The molecule has 3 atom stereocenters. The first-order valence-corrected chi connectivity index (χ1v) is 9.43. The number of carbonyl (C=O) groups excluding carboxylic acids is 3. The van der Waals surface area contributed by atoms with E-state index in [1.165, 1.54) is 6.07 Å². The van der Waals surface area contributed by atoms with Gasteiger partial charge >= 0.3 is 0 Å². The van der Waals surface area contributed by atoms with E-state index in [2.05, 4.69) is 0 Å². The highest BCUT2D eigenvalue weighted by molar-refractivity contribution is 6.22. The number of aromatic hydroxyl groups is 1. The van der Waals surface area contributed by atoms with E-state index in [1.54, 1.807) is 6.07 Å². The van der Waals surface area contributed by atoms with Gasteiger partial charge in [-0.1, -0.05) is 13.0 Å². The maximum atomic E-state index is 13.3. The van der Waals surface area contributed by atoms with Crippen molar-refractivity contribution in [3.8, 4) is 5.75 Å². The number of phenols is 1. The number of ketones is 2. The molecule has 0 radical (unpaired) electrons. The zero-order valence-corrected chi connectivity index (χ0v) is 15.7. The predicted molar refractivity (Wildman–Crippen MR) is 101 cm³/mol. The van der Waals surface area contributed by atoms with Crippen LogP contribution < -0.4 is 5.73 Å². The van der Waals surface area contributed by atoms with Crippen LogP contribution in [0.2, 0.25) is 0 Å². The number of amides is 1. The Kier molecular flexibility index (Phi) is 4.09. The van der Waals surface area contributed by atoms with Crippen molar-refractivity contribution >= 4 is 23.2 Å². The lowest BCUT2D eigenvalue weighted by Crippen LogP contribution is -2.58. The highest BCUT2D eigenvalue weighted by Crippen LogP contribution is 2.52. The van der Waals surface area contributed by atoms with Crippen LogP contribution in [0.1, 0.15) is 36.5 Å². The number of primary amides is 1. The Morgan fingerprint density at radius 3 is 2.52 bits per heavy atom. The molecular formula is C21H21NO7. The van der Waals surface area contributed by atoms with Crippen molar-refractivity contribution in [3.63, 3.8) is 0 Å². The highest BCUT2D eigenvalue weighted by atomic mass is 16.3. The number of hydrogen-bond acceptors (Lipinski definition) is 7. The van der Waals surface area contributed by atoms with Gasteiger partial charge in [-0.3, -0.25) is 14.4 Å². The quantitative estimate of drug-likeness (QED) is 0.464. The first-order valence-electron chi connectivity index (χ1n) is 9.43. The van der Waals surface area contributed by atoms with Gasteiger partial charge < -0.3 is 26.2 Å². The van der Waals surface area contributed by atoms with Crippen LogP contribution in [0.25, 0.3) is 5.76 Å². The molecular weight excluding hydrogens is 378 g/mol. The molecule has 3 aliphatic carbocycles. The van der Waals surface area contributed by atoms with Gasteiger partial charge in [0.2, 0.25) is 5.78 Å². The second kappa shape index (κ2) is 6.18. The van der Waals surface area contributed by atoms with Gasteiger partial charge in [-0.05, 0) is 42.4 Å². The number of fused-ring (bicyclic) bond motifs is 3. The fraction of sp³-hybridized carbons (Fsp3) is 0.381. The van der Waals surface area contributed by atoms with E-state index in [0.717, 1.165) is 11.1 Å². The molecule has 8 heteroatoms. The largest absolute Gasteiger partial charge is 0.508 e. The first-order chi connectivity index (χ1) is 13.6. The number of nitrogens with two attached hydrogens (primary N) is 1. The number of aliphatic hydroxyl groups excluding tert-OH is 2. The highest BCUT2D eigenvalue weighted by Gasteiger charge is 2.60. The van der Waals surface area contributed by atoms with Crippen molar-refractivity contribution in [3.05, 3.63) is 45.7 Å². The average molecular weight is 399 g/mol. The van der Waals surface area contributed by atoms with E-state index < -0.39 is 52.0 Å². The Bertz CT molecular complexity index is 1050. The molecule has 0 aromatic heterocycles. The molecule has 1 amide bonds. The normalized spacial score (nSPS) is 28.8. The van der Waals surface area contributed by atoms with Gasteiger partial charge in [0.15, 0.2) is 11.4 Å². The zero-order chi connectivity index (χ0) is 21.2. The SMILES string of the molecule is CCc1ccc(O)c2c1CC1CC3CC(=O)C(C(N)=O)=C(O)C3(O)C(=O)C1=C2O. The fourth-order valence-corrected chi connectivity index (χ4v) is 5.02. The van der Waals surface area contributed by atoms with E-state index in [-0.39, 0.29) is 29.7 Å². The van der Waals surface area contributed by atoms with Crippen LogP contribution in [0.4, 0.5) is 0 Å². The molecule has 1 aromatic rings. The number of aliphatic hydroxyl groups is 3. The smallest absolute Gasteiger partial charge is 0.255 e. The fourth-order valence-electron chi connectivity index (χ4n) is 5.02. The molecule has 0 aliphatic heterocycles. The lowest BCUT2D eigenvalue weighted by Gasteiger charge is -2.46. The van der Waals surface area contributed by atoms with E-state index in [9.17, 15) is 34.8 Å². The second-order valence-corrected chi connectivity index (χ2v) is 7.86. The summed E-state index contributed by atoms with van der Waals surface area (Å²) in [6, 6.07) is 3.19. The monoisotopic (exact) mass is 399 g/mol. The number of phenolic OH excluding ortho intramolecular Hbond substituents is 1. The third-order valence-corrected chi connectivity index (χ3v) is 6.43. The molecule has 3 unspecified atom stereocenters. The van der Waals surface area contributed by atoms with Crippen molar-refractivity contribution < 1.29 is 34.8 Å². The molecule has 0 saturated heterocycles. The summed E-state index contributed by atoms with van der Waals surface area (Å²) < 4.78 is 0. The molecule has 0 heterocycles. The van der Waals surface area contributed by atoms with Gasteiger partial charge in [-0.15, -0.1) is 0 Å². The van der Waals surface area contributed by atoms with E-state index in [1.807, 2.05) is 6.92 Å². The van der Waals surface area contributed by atoms with Crippen LogP contribution in [0.5, 0.6) is 5.75 Å². The Morgan fingerprint density at radius 1 is 1.21 bits per heavy atom. The van der Waals surface area contributed by atoms with E-state index >= 15 is 0 Å². The molecule has 29 heavy (non-hydrogen) atoms. The first kappa shape index (κ1) is 19.2. The van der Waals surface area contributed by atoms with Crippen molar-refractivity contribution in [1.82, 2.24) is 0 Å². The van der Waals surface area contributed by atoms with Crippen molar-refractivity contribution in [1.29, 1.82) is 0 Å². The summed E-state index contributed by atoms with van der Waals surface area (Å²) in [6.07, 6.45) is 0.819. The average Bonchev–Trinajstić information content (AvgIpc) is 2.64. The van der Waals surface area contributed by atoms with Crippen LogP contribution in [-0.2, 0) is 27.2 Å². The summed E-state index contributed by atoms with van der Waals surface area (Å²) in [6.45, 7) is 1.93. The van der Waals surface area contributed by atoms with Gasteiger partial charge in [-0.25, -0.2) is 0 Å². The van der Waals surface area contributed by atoms with Crippen LogP contribution in [0.3, 0.4) is 0 Å². The Hall–Kier alpha value is -3.13. The minimum Gasteiger partial charge on any atom is -0.508 e. The van der Waals surface area contributed by atoms with Crippen LogP contribution >= 0.6 is 0 Å². The molecule has 0 bridgehead atoms. The van der Waals surface area contributed by atoms with Gasteiger partial charge in [0, 0.05) is 17.9 Å². The number of rotatable bonds is 2. The predicted octanol–water partition coefficient (Wildman–Crippen LogP) is 0.986. The van der Waals surface area contributed by atoms with Crippen molar-refractivity contribution in [2.75, 3.05) is 0 Å². The number of benzene rings is 1. The molecule has 6 N–H and O–H groups in total. The summed E-state index contributed by atoms with van der Waals surface area (Å²) in [7, 11) is 0. The number of hydrogen-bond donors (Lipinski definition) is 5. The molecule has 1 saturated carbocycles. The van der Waals surface area contributed by atoms with E-state index in [4.69, 9.17) is 5.73 Å². The zero-order valence-electron chi connectivity index (χ0n) is 15.7. The summed E-state index contributed by atoms with van der Waals surface area (Å²) in [5.74, 6) is -6.09. The minimum absolute atomic E-state index is 0.121. The number of carbonyl (C=O) groups is 3. The van der Waals surface area contributed by atoms with Crippen LogP contribution in [0.15, 0.2) is 29.0 Å². The Labute approximate surface area is 166 Å². The second-order valence-electron chi connectivity index (χ2n) is 7.86. The third-order valence-electron chi connectivity index (χ3n) is 6.43. The van der Waals surface area contributed by atoms with Gasteiger partial charge in [0.05, 0.1) is 5.56 Å². The Balaban J connectivity index is 1.94. The molecule has 152 valence electrons. The van der Waals surface area contributed by atoms with Gasteiger partial charge in [0.1, 0.15) is 22.8 Å². The molecule has 1 fully saturated rings. The van der Waals surface area contributed by atoms with Crippen LogP contribution in [-0.4, -0.2) is 43.5 Å². The standard InChI is InChI=1S/C21H21NO7/c1-2-8-3-4-12(23)15-11(8)6-9-5-10-7-13(24)16(20(22)28)19(27)21(10,29)18(26)14(9)17(15)25/h3-4,9-10,23,25,27,29H,2,5-7H2,1H3,(H2,22,28). The summed E-state index contributed by atoms with van der Waals surface area (Å²) in [5.41, 5.74) is 3.49. The van der Waals surface area contributed by atoms with E-state index in [0.29, 0.717) is 12.8 Å². The molecule has 0 spiro atoms. The van der Waals surface area contributed by atoms with Crippen molar-refractivity contribution in [2.45, 2.75) is 38.2 Å². The lowest BCUT2D eigenvalue weighted by molar-refractivity contribution is -0.147. The summed E-state index contributed by atoms with van der Waals surface area (Å²) in [4.78, 5) is 37.2. The molecule has 1 aromatic carbocycles. The minimum atomic E-state index is -2.52. The topological polar surface area (TPSA) is 158 Å². The van der Waals surface area contributed by atoms with Crippen LogP contribution in [0, 0.1) is 11.8 Å². The summed E-state index contributed by atoms with van der Waals surface area (Å²) in [5, 5.41) is 42.8. The molecule has 8 nitrogen and oxygen atoms in total. The third kappa shape index (κ3) is 2.38. The number of aryl methyl sites for hydroxylation is 1. The maximum Gasteiger partial charge on any atom is 0.255 e. The number of Topliss-reactive ketones (excluding diaryl/α,β-unsaturated/α-hetero) is 2. The van der Waals surface area contributed by atoms with Crippen molar-refractivity contribution in [2.24, 2.45) is 17.6 Å². The summed E-state index contributed by atoms with van der Waals surface area (Å²) >= 11 is 0. The van der Waals surface area contributed by atoms with Gasteiger partial charge in [0.25, 0.3) is 5.91 Å². The van der Waals surface area contributed by atoms with Gasteiger partial charge in [-0.2, -0.15) is 0 Å². The lowest BCUT2D eigenvalue weighted by atomic mass is 9.59. The molecule has 4 rings (SSSR count). The Morgan fingerprint density at radius 2 is 1.90 bits per heavy atom. The maximum absolute atomic E-state index is 13.3. The molecule has 3 aliphatic rings.